The lowest BCUT2D eigenvalue weighted by Gasteiger charge is -2.22. The van der Waals surface area contributed by atoms with Gasteiger partial charge in [0.25, 0.3) is 0 Å². The molecular formula is C13H20O. The molecule has 3 atom stereocenters. The van der Waals surface area contributed by atoms with Gasteiger partial charge in [0, 0.05) is 0 Å². The van der Waals surface area contributed by atoms with Gasteiger partial charge < -0.3 is 5.11 Å². The van der Waals surface area contributed by atoms with Gasteiger partial charge in [-0.3, -0.25) is 0 Å². The molecule has 0 saturated heterocycles. The van der Waals surface area contributed by atoms with E-state index in [9.17, 15) is 0 Å². The molecule has 0 aromatic rings. The second-order valence-electron chi connectivity index (χ2n) is 4.85. The van der Waals surface area contributed by atoms with Gasteiger partial charge in [0.15, 0.2) is 0 Å². The molecule has 0 aromatic carbocycles. The average molecular weight is 192 g/mol. The topological polar surface area (TPSA) is 20.2 Å². The van der Waals surface area contributed by atoms with Gasteiger partial charge in [-0.15, -0.1) is 0 Å². The highest BCUT2D eigenvalue weighted by Crippen LogP contribution is 2.52. The molecule has 14 heavy (non-hydrogen) atoms. The van der Waals surface area contributed by atoms with Gasteiger partial charge in [0.1, 0.15) is 0 Å². The monoisotopic (exact) mass is 192 g/mol. The fourth-order valence-corrected chi connectivity index (χ4v) is 3.19. The molecule has 0 radical (unpaired) electrons. The lowest BCUT2D eigenvalue weighted by Crippen LogP contribution is -2.11. The second kappa shape index (κ2) is 3.90. The van der Waals surface area contributed by atoms with Gasteiger partial charge >= 0.3 is 0 Å². The fraction of sp³-hybridized carbons (Fsp3) is 0.692. The first-order chi connectivity index (χ1) is 6.74. The highest BCUT2D eigenvalue weighted by molar-refractivity contribution is 5.22. The summed E-state index contributed by atoms with van der Waals surface area (Å²) in [5.74, 6) is 2.44. The van der Waals surface area contributed by atoms with Crippen LogP contribution in [0.1, 0.15) is 33.1 Å². The van der Waals surface area contributed by atoms with E-state index in [0.29, 0.717) is 5.92 Å². The molecule has 1 nitrogen and oxygen atoms in total. The first-order valence-corrected chi connectivity index (χ1v) is 5.67. The minimum absolute atomic E-state index is 0.221. The van der Waals surface area contributed by atoms with Crippen LogP contribution < -0.4 is 0 Å². The molecule has 2 fully saturated rings. The van der Waals surface area contributed by atoms with Crippen LogP contribution in [0.15, 0.2) is 23.3 Å². The molecule has 0 spiro atoms. The maximum absolute atomic E-state index is 9.01. The lowest BCUT2D eigenvalue weighted by molar-refractivity contribution is 0.328. The van der Waals surface area contributed by atoms with Gasteiger partial charge in [-0.05, 0) is 50.9 Å². The average Bonchev–Trinajstić information content (AvgIpc) is 2.75. The molecule has 1 N–H and O–H groups in total. The summed E-state index contributed by atoms with van der Waals surface area (Å²) in [5, 5.41) is 9.01. The SMILES string of the molecule is CC=C1CC2CC(C=C(C)CO)C1C2. The van der Waals surface area contributed by atoms with Crippen molar-refractivity contribution in [3.05, 3.63) is 23.3 Å². The molecule has 2 rings (SSSR count). The smallest absolute Gasteiger partial charge is 0.0639 e. The Bertz CT molecular complexity index is 275. The number of fused-ring (bicyclic) bond motifs is 2. The van der Waals surface area contributed by atoms with E-state index in [1.165, 1.54) is 19.3 Å². The van der Waals surface area contributed by atoms with E-state index < -0.39 is 0 Å². The summed E-state index contributed by atoms with van der Waals surface area (Å²) >= 11 is 0. The summed E-state index contributed by atoms with van der Waals surface area (Å²) in [6.07, 6.45) is 8.68. The van der Waals surface area contributed by atoms with Gasteiger partial charge in [-0.2, -0.15) is 0 Å². The summed E-state index contributed by atoms with van der Waals surface area (Å²) in [5.41, 5.74) is 2.80. The van der Waals surface area contributed by atoms with Crippen molar-refractivity contribution in [1.29, 1.82) is 0 Å². The highest BCUT2D eigenvalue weighted by atomic mass is 16.3. The van der Waals surface area contributed by atoms with Crippen molar-refractivity contribution in [1.82, 2.24) is 0 Å². The summed E-state index contributed by atoms with van der Waals surface area (Å²) in [6.45, 7) is 4.41. The Labute approximate surface area is 86.5 Å². The molecule has 0 aromatic heterocycles. The fourth-order valence-electron chi connectivity index (χ4n) is 3.19. The minimum atomic E-state index is 0.221. The van der Waals surface area contributed by atoms with Gasteiger partial charge in [-0.25, -0.2) is 0 Å². The lowest BCUT2D eigenvalue weighted by atomic mass is 9.84. The third-order valence-electron chi connectivity index (χ3n) is 3.83. The van der Waals surface area contributed by atoms with Gasteiger partial charge in [0.2, 0.25) is 0 Å². The molecule has 0 heterocycles. The summed E-state index contributed by atoms with van der Waals surface area (Å²) in [4.78, 5) is 0. The molecule has 1 heteroatoms. The number of aliphatic hydroxyl groups is 1. The van der Waals surface area contributed by atoms with Crippen LogP contribution in [0.2, 0.25) is 0 Å². The first kappa shape index (κ1) is 9.97. The van der Waals surface area contributed by atoms with Crippen LogP contribution in [0.3, 0.4) is 0 Å². The molecule has 2 aliphatic rings. The largest absolute Gasteiger partial charge is 0.392 e. The Morgan fingerprint density at radius 2 is 2.29 bits per heavy atom. The van der Waals surface area contributed by atoms with Crippen molar-refractivity contribution < 1.29 is 5.11 Å². The zero-order valence-corrected chi connectivity index (χ0v) is 9.16. The highest BCUT2D eigenvalue weighted by Gasteiger charge is 2.41. The van der Waals surface area contributed by atoms with E-state index in [1.807, 2.05) is 6.92 Å². The molecule has 78 valence electrons. The summed E-state index contributed by atoms with van der Waals surface area (Å²) in [7, 11) is 0. The van der Waals surface area contributed by atoms with Gasteiger partial charge in [-0.1, -0.05) is 23.3 Å². The van der Waals surface area contributed by atoms with Crippen LogP contribution in [0.25, 0.3) is 0 Å². The maximum atomic E-state index is 9.01. The van der Waals surface area contributed by atoms with Crippen molar-refractivity contribution in [3.8, 4) is 0 Å². The zero-order valence-electron chi connectivity index (χ0n) is 9.16. The Morgan fingerprint density at radius 1 is 1.50 bits per heavy atom. The standard InChI is InChI=1S/C13H20O/c1-3-11-5-10-6-12(13(11)7-10)4-9(2)8-14/h3-4,10,12-14H,5-8H2,1-2H3. The van der Waals surface area contributed by atoms with Gasteiger partial charge in [0.05, 0.1) is 6.61 Å². The van der Waals surface area contributed by atoms with Crippen LogP contribution in [0, 0.1) is 17.8 Å². The third kappa shape index (κ3) is 1.66. The number of rotatable bonds is 2. The van der Waals surface area contributed by atoms with Crippen molar-refractivity contribution in [2.75, 3.05) is 6.61 Å². The Balaban J connectivity index is 2.10. The molecular weight excluding hydrogens is 172 g/mol. The van der Waals surface area contributed by atoms with E-state index in [2.05, 4.69) is 19.1 Å². The molecule has 2 bridgehead atoms. The third-order valence-corrected chi connectivity index (χ3v) is 3.83. The first-order valence-electron chi connectivity index (χ1n) is 5.67. The van der Waals surface area contributed by atoms with E-state index >= 15 is 0 Å². The Hall–Kier alpha value is -0.560. The summed E-state index contributed by atoms with van der Waals surface area (Å²) < 4.78 is 0. The predicted molar refractivity (Wildman–Crippen MR) is 58.9 cm³/mol. The van der Waals surface area contributed by atoms with Crippen LogP contribution in [-0.4, -0.2) is 11.7 Å². The number of allylic oxidation sites excluding steroid dienone is 3. The van der Waals surface area contributed by atoms with Crippen LogP contribution in [0.5, 0.6) is 0 Å². The Kier molecular flexibility index (Phi) is 2.78. The minimum Gasteiger partial charge on any atom is -0.392 e. The Morgan fingerprint density at radius 3 is 2.86 bits per heavy atom. The van der Waals surface area contributed by atoms with Crippen molar-refractivity contribution in [3.63, 3.8) is 0 Å². The quantitative estimate of drug-likeness (QED) is 0.667. The normalized spacial score (nSPS) is 39.8. The molecule has 2 aliphatic carbocycles. The molecule has 2 saturated carbocycles. The maximum Gasteiger partial charge on any atom is 0.0639 e. The van der Waals surface area contributed by atoms with Crippen LogP contribution >= 0.6 is 0 Å². The van der Waals surface area contributed by atoms with Crippen LogP contribution in [0.4, 0.5) is 0 Å². The summed E-state index contributed by atoms with van der Waals surface area (Å²) in [6, 6.07) is 0. The van der Waals surface area contributed by atoms with E-state index in [-0.39, 0.29) is 6.61 Å². The zero-order chi connectivity index (χ0) is 10.1. The number of hydrogen-bond acceptors (Lipinski definition) is 1. The predicted octanol–water partition coefficient (Wildman–Crippen LogP) is 2.92. The number of aliphatic hydroxyl groups excluding tert-OH is 1. The van der Waals surface area contributed by atoms with E-state index in [4.69, 9.17) is 5.11 Å². The second-order valence-corrected chi connectivity index (χ2v) is 4.85. The van der Waals surface area contributed by atoms with Crippen molar-refractivity contribution in [2.45, 2.75) is 33.1 Å². The molecule has 0 amide bonds. The van der Waals surface area contributed by atoms with E-state index in [1.54, 1.807) is 5.57 Å². The van der Waals surface area contributed by atoms with Crippen molar-refractivity contribution >= 4 is 0 Å². The van der Waals surface area contributed by atoms with Crippen LogP contribution in [-0.2, 0) is 0 Å². The van der Waals surface area contributed by atoms with E-state index in [0.717, 1.165) is 17.4 Å². The number of hydrogen-bond donors (Lipinski definition) is 1. The van der Waals surface area contributed by atoms with Crippen molar-refractivity contribution in [2.24, 2.45) is 17.8 Å². The molecule has 0 aliphatic heterocycles. The molecule has 3 unspecified atom stereocenters.